The molecular formula is C21H31NO. The third kappa shape index (κ3) is 5.23. The number of rotatable bonds is 8. The second kappa shape index (κ2) is 8.90. The Morgan fingerprint density at radius 3 is 2.78 bits per heavy atom. The van der Waals surface area contributed by atoms with E-state index in [1.54, 1.807) is 0 Å². The van der Waals surface area contributed by atoms with Crippen LogP contribution in [0, 0.1) is 0 Å². The highest BCUT2D eigenvalue weighted by Crippen LogP contribution is 2.27. The van der Waals surface area contributed by atoms with Crippen molar-refractivity contribution in [2.75, 3.05) is 6.54 Å². The number of carbonyl (C=O) groups is 1. The summed E-state index contributed by atoms with van der Waals surface area (Å²) in [6.45, 7) is 7.43. The average Bonchev–Trinajstić information content (AvgIpc) is 2.93. The molecule has 1 fully saturated rings. The molecule has 2 unspecified atom stereocenters. The molecule has 0 radical (unpaired) electrons. The lowest BCUT2D eigenvalue weighted by Crippen LogP contribution is -2.34. The molecule has 0 spiro atoms. The molecule has 1 aliphatic heterocycles. The maximum absolute atomic E-state index is 12.1. The third-order valence-electron chi connectivity index (χ3n) is 5.24. The van der Waals surface area contributed by atoms with Crippen LogP contribution in [0.3, 0.4) is 0 Å². The van der Waals surface area contributed by atoms with E-state index in [-0.39, 0.29) is 0 Å². The van der Waals surface area contributed by atoms with Crippen LogP contribution in [0.25, 0.3) is 0 Å². The van der Waals surface area contributed by atoms with Crippen LogP contribution in [0.2, 0.25) is 0 Å². The predicted octanol–water partition coefficient (Wildman–Crippen LogP) is 5.31. The van der Waals surface area contributed by atoms with Crippen molar-refractivity contribution < 1.29 is 4.79 Å². The summed E-state index contributed by atoms with van der Waals surface area (Å²) in [5, 5.41) is 0. The number of carbonyl (C=O) groups excluding carboxylic acids is 1. The van der Waals surface area contributed by atoms with Gasteiger partial charge in [0.2, 0.25) is 5.91 Å². The van der Waals surface area contributed by atoms with Crippen molar-refractivity contribution in [1.82, 2.24) is 4.90 Å². The van der Waals surface area contributed by atoms with E-state index in [1.165, 1.54) is 24.0 Å². The normalized spacial score (nSPS) is 20.1. The Morgan fingerprint density at radius 2 is 2.09 bits per heavy atom. The lowest BCUT2D eigenvalue weighted by molar-refractivity contribution is -0.129. The highest BCUT2D eigenvalue weighted by molar-refractivity contribution is 5.78. The van der Waals surface area contributed by atoms with Crippen LogP contribution in [0.5, 0.6) is 0 Å². The number of hydrogen-bond donors (Lipinski definition) is 0. The molecule has 1 aromatic rings. The van der Waals surface area contributed by atoms with Crippen molar-refractivity contribution >= 4 is 5.91 Å². The molecule has 0 N–H and O–H groups in total. The van der Waals surface area contributed by atoms with Crippen molar-refractivity contribution in [2.24, 2.45) is 0 Å². The number of allylic oxidation sites excluding steroid dienone is 1. The Morgan fingerprint density at radius 1 is 1.35 bits per heavy atom. The van der Waals surface area contributed by atoms with E-state index >= 15 is 0 Å². The number of benzene rings is 1. The standard InChI is InChI=1S/C21H31NO/c1-4-17(2)15-16-22-20(13-14-21(22)23)12-8-9-18(3)19-10-6-5-7-11-19/h4-7,10-11,18,20H,8-9,12-16H2,1-3H3/b17-4+. The van der Waals surface area contributed by atoms with E-state index in [4.69, 9.17) is 0 Å². The number of hydrogen-bond acceptors (Lipinski definition) is 1. The molecule has 0 aliphatic carbocycles. The minimum Gasteiger partial charge on any atom is -0.339 e. The smallest absolute Gasteiger partial charge is 0.222 e. The zero-order valence-electron chi connectivity index (χ0n) is 14.9. The molecule has 0 bridgehead atoms. The SMILES string of the molecule is C/C=C(\C)CCN1C(=O)CCC1CCCC(C)c1ccccc1. The monoisotopic (exact) mass is 313 g/mol. The van der Waals surface area contributed by atoms with E-state index in [9.17, 15) is 4.79 Å². The van der Waals surface area contributed by atoms with Gasteiger partial charge >= 0.3 is 0 Å². The first-order valence-corrected chi connectivity index (χ1v) is 9.08. The first kappa shape index (κ1) is 17.8. The van der Waals surface area contributed by atoms with E-state index in [0.29, 0.717) is 17.9 Å². The van der Waals surface area contributed by atoms with Crippen LogP contribution >= 0.6 is 0 Å². The summed E-state index contributed by atoms with van der Waals surface area (Å²) in [4.78, 5) is 14.2. The largest absolute Gasteiger partial charge is 0.339 e. The summed E-state index contributed by atoms with van der Waals surface area (Å²) < 4.78 is 0. The van der Waals surface area contributed by atoms with Crippen LogP contribution in [-0.2, 0) is 4.79 Å². The van der Waals surface area contributed by atoms with Crippen LogP contribution in [-0.4, -0.2) is 23.4 Å². The molecule has 1 amide bonds. The highest BCUT2D eigenvalue weighted by Gasteiger charge is 2.29. The Labute approximate surface area is 141 Å². The molecule has 2 atom stereocenters. The minimum absolute atomic E-state index is 0.356. The quantitative estimate of drug-likeness (QED) is 0.596. The van der Waals surface area contributed by atoms with Gasteiger partial charge in [0.15, 0.2) is 0 Å². The van der Waals surface area contributed by atoms with Gasteiger partial charge in [0, 0.05) is 19.0 Å². The van der Waals surface area contributed by atoms with Gasteiger partial charge in [-0.3, -0.25) is 4.79 Å². The first-order valence-electron chi connectivity index (χ1n) is 9.08. The summed E-state index contributed by atoms with van der Waals surface area (Å²) in [5.74, 6) is 0.960. The maximum Gasteiger partial charge on any atom is 0.222 e. The molecule has 1 heterocycles. The van der Waals surface area contributed by atoms with Crippen LogP contribution in [0.1, 0.15) is 70.8 Å². The fourth-order valence-corrected chi connectivity index (χ4v) is 3.45. The lowest BCUT2D eigenvalue weighted by atomic mass is 9.94. The molecule has 1 saturated heterocycles. The van der Waals surface area contributed by atoms with Crippen molar-refractivity contribution in [3.8, 4) is 0 Å². The summed E-state index contributed by atoms with van der Waals surface area (Å²) in [6, 6.07) is 11.2. The van der Waals surface area contributed by atoms with Gasteiger partial charge in [0.25, 0.3) is 0 Å². The first-order chi connectivity index (χ1) is 11.1. The molecule has 1 aromatic carbocycles. The zero-order valence-corrected chi connectivity index (χ0v) is 14.9. The van der Waals surface area contributed by atoms with Gasteiger partial charge in [-0.15, -0.1) is 0 Å². The van der Waals surface area contributed by atoms with Gasteiger partial charge in [-0.05, 0) is 51.0 Å². The van der Waals surface area contributed by atoms with Crippen LogP contribution < -0.4 is 0 Å². The van der Waals surface area contributed by atoms with Gasteiger partial charge in [-0.2, -0.15) is 0 Å². The zero-order chi connectivity index (χ0) is 16.7. The topological polar surface area (TPSA) is 20.3 Å². The molecule has 0 aromatic heterocycles. The Bertz CT molecular complexity index is 520. The van der Waals surface area contributed by atoms with Crippen molar-refractivity contribution in [3.05, 3.63) is 47.5 Å². The fourth-order valence-electron chi connectivity index (χ4n) is 3.45. The molecule has 2 heteroatoms. The molecule has 23 heavy (non-hydrogen) atoms. The minimum atomic E-state index is 0.356. The van der Waals surface area contributed by atoms with Crippen LogP contribution in [0.15, 0.2) is 42.0 Å². The van der Waals surface area contributed by atoms with Gasteiger partial charge in [0.05, 0.1) is 0 Å². The summed E-state index contributed by atoms with van der Waals surface area (Å²) >= 11 is 0. The van der Waals surface area contributed by atoms with Gasteiger partial charge in [-0.25, -0.2) is 0 Å². The van der Waals surface area contributed by atoms with Crippen LogP contribution in [0.4, 0.5) is 0 Å². The third-order valence-corrected chi connectivity index (χ3v) is 5.24. The fraction of sp³-hybridized carbons (Fsp3) is 0.571. The predicted molar refractivity (Wildman–Crippen MR) is 97.5 cm³/mol. The molecule has 2 rings (SSSR count). The van der Waals surface area contributed by atoms with E-state index in [0.717, 1.165) is 32.2 Å². The number of amides is 1. The Balaban J connectivity index is 1.78. The maximum atomic E-state index is 12.1. The van der Waals surface area contributed by atoms with Crippen molar-refractivity contribution in [3.63, 3.8) is 0 Å². The summed E-state index contributed by atoms with van der Waals surface area (Å²) in [5.41, 5.74) is 2.80. The van der Waals surface area contributed by atoms with E-state index in [1.807, 2.05) is 0 Å². The molecular weight excluding hydrogens is 282 g/mol. The Kier molecular flexibility index (Phi) is 6.88. The molecule has 2 nitrogen and oxygen atoms in total. The molecule has 0 saturated carbocycles. The van der Waals surface area contributed by atoms with Gasteiger partial charge in [-0.1, -0.05) is 55.3 Å². The van der Waals surface area contributed by atoms with Crippen molar-refractivity contribution in [1.29, 1.82) is 0 Å². The van der Waals surface area contributed by atoms with E-state index in [2.05, 4.69) is 62.1 Å². The summed E-state index contributed by atoms with van der Waals surface area (Å²) in [7, 11) is 0. The summed E-state index contributed by atoms with van der Waals surface area (Å²) in [6.07, 6.45) is 8.51. The second-order valence-corrected chi connectivity index (χ2v) is 6.91. The number of likely N-dealkylation sites (tertiary alicyclic amines) is 1. The highest BCUT2D eigenvalue weighted by atomic mass is 16.2. The molecule has 1 aliphatic rings. The second-order valence-electron chi connectivity index (χ2n) is 6.91. The van der Waals surface area contributed by atoms with E-state index < -0.39 is 0 Å². The van der Waals surface area contributed by atoms with Gasteiger partial charge in [0.1, 0.15) is 0 Å². The molecule has 126 valence electrons. The van der Waals surface area contributed by atoms with Gasteiger partial charge < -0.3 is 4.90 Å². The van der Waals surface area contributed by atoms with Crippen molar-refractivity contribution in [2.45, 2.75) is 71.3 Å². The number of nitrogens with zero attached hydrogens (tertiary/aromatic N) is 1. The average molecular weight is 313 g/mol. The lowest BCUT2D eigenvalue weighted by Gasteiger charge is -2.25. The Hall–Kier alpha value is -1.57.